The summed E-state index contributed by atoms with van der Waals surface area (Å²) in [4.78, 5) is 0. The number of hydrogen-bond acceptors (Lipinski definition) is 2. The third kappa shape index (κ3) is 3.66. The number of benzene rings is 1. The standard InChI is InChI=1S/C14H18BrF2NO/c1-8(2)13-7-10(3-4-19-13)18-14-11(16)5-9(15)6-12(14)17/h5-6,8,10,13,18H,3-4,7H2,1-2H3. The van der Waals surface area contributed by atoms with Gasteiger partial charge in [0, 0.05) is 17.1 Å². The molecule has 1 fully saturated rings. The fourth-order valence-corrected chi connectivity index (χ4v) is 2.71. The van der Waals surface area contributed by atoms with E-state index in [0.29, 0.717) is 17.0 Å². The Morgan fingerprint density at radius 2 is 1.95 bits per heavy atom. The van der Waals surface area contributed by atoms with Gasteiger partial charge in [0.15, 0.2) is 0 Å². The normalized spacial score (nSPS) is 23.7. The lowest BCUT2D eigenvalue weighted by Gasteiger charge is -2.33. The van der Waals surface area contributed by atoms with Crippen LogP contribution in [-0.4, -0.2) is 18.8 Å². The molecule has 0 bridgehead atoms. The maximum Gasteiger partial charge on any atom is 0.150 e. The molecular formula is C14H18BrF2NO. The molecule has 0 saturated carbocycles. The maximum absolute atomic E-state index is 13.8. The molecule has 2 atom stereocenters. The number of rotatable bonds is 3. The van der Waals surface area contributed by atoms with E-state index < -0.39 is 11.6 Å². The first-order valence-corrected chi connectivity index (χ1v) is 7.29. The van der Waals surface area contributed by atoms with Gasteiger partial charge in [-0.3, -0.25) is 0 Å². The van der Waals surface area contributed by atoms with Crippen LogP contribution in [0.15, 0.2) is 16.6 Å². The minimum atomic E-state index is -0.570. The molecule has 1 saturated heterocycles. The van der Waals surface area contributed by atoms with Crippen LogP contribution in [0.2, 0.25) is 0 Å². The van der Waals surface area contributed by atoms with Crippen molar-refractivity contribution >= 4 is 21.6 Å². The molecule has 0 spiro atoms. The molecule has 0 amide bonds. The van der Waals surface area contributed by atoms with Crippen molar-refractivity contribution in [2.45, 2.75) is 38.8 Å². The fourth-order valence-electron chi connectivity index (χ4n) is 2.31. The van der Waals surface area contributed by atoms with Crippen molar-refractivity contribution < 1.29 is 13.5 Å². The van der Waals surface area contributed by atoms with Gasteiger partial charge in [0.2, 0.25) is 0 Å². The molecule has 2 nitrogen and oxygen atoms in total. The van der Waals surface area contributed by atoms with Gasteiger partial charge in [-0.2, -0.15) is 0 Å². The second kappa shape index (κ2) is 6.18. The van der Waals surface area contributed by atoms with Crippen LogP contribution in [0.1, 0.15) is 26.7 Å². The lowest BCUT2D eigenvalue weighted by atomic mass is 9.95. The van der Waals surface area contributed by atoms with Crippen molar-refractivity contribution in [3.05, 3.63) is 28.2 Å². The van der Waals surface area contributed by atoms with Crippen molar-refractivity contribution in [2.24, 2.45) is 5.92 Å². The third-order valence-electron chi connectivity index (χ3n) is 3.41. The molecule has 2 unspecified atom stereocenters. The first kappa shape index (κ1) is 14.7. The van der Waals surface area contributed by atoms with E-state index in [0.717, 1.165) is 12.8 Å². The smallest absolute Gasteiger partial charge is 0.150 e. The van der Waals surface area contributed by atoms with Gasteiger partial charge in [0.25, 0.3) is 0 Å². The molecular weight excluding hydrogens is 316 g/mol. The van der Waals surface area contributed by atoms with E-state index in [2.05, 4.69) is 35.1 Å². The quantitative estimate of drug-likeness (QED) is 0.888. The summed E-state index contributed by atoms with van der Waals surface area (Å²) in [5, 5.41) is 2.98. The molecule has 1 aliphatic heterocycles. The summed E-state index contributed by atoms with van der Waals surface area (Å²) >= 11 is 3.07. The fraction of sp³-hybridized carbons (Fsp3) is 0.571. The molecule has 1 heterocycles. The second-order valence-electron chi connectivity index (χ2n) is 5.26. The SMILES string of the molecule is CC(C)C1CC(Nc2c(F)cc(Br)cc2F)CCO1. The van der Waals surface area contributed by atoms with Crippen LogP contribution in [-0.2, 0) is 4.74 Å². The summed E-state index contributed by atoms with van der Waals surface area (Å²) in [6, 6.07) is 2.58. The summed E-state index contributed by atoms with van der Waals surface area (Å²) < 4.78 is 33.6. The number of ether oxygens (including phenoxy) is 1. The Labute approximate surface area is 120 Å². The highest BCUT2D eigenvalue weighted by Gasteiger charge is 2.26. The Kier molecular flexibility index (Phi) is 4.79. The Hall–Kier alpha value is -0.680. The van der Waals surface area contributed by atoms with Crippen LogP contribution >= 0.6 is 15.9 Å². The zero-order valence-electron chi connectivity index (χ0n) is 11.1. The summed E-state index contributed by atoms with van der Waals surface area (Å²) in [6.07, 6.45) is 1.68. The number of nitrogens with one attached hydrogen (secondary N) is 1. The van der Waals surface area contributed by atoms with E-state index in [9.17, 15) is 8.78 Å². The van der Waals surface area contributed by atoms with E-state index in [1.165, 1.54) is 12.1 Å². The zero-order valence-corrected chi connectivity index (χ0v) is 12.6. The molecule has 1 N–H and O–H groups in total. The minimum absolute atomic E-state index is 0.0439. The summed E-state index contributed by atoms with van der Waals surface area (Å²) in [5.41, 5.74) is -0.0439. The van der Waals surface area contributed by atoms with Crippen LogP contribution in [0, 0.1) is 17.6 Å². The monoisotopic (exact) mass is 333 g/mol. The van der Waals surface area contributed by atoms with Crippen LogP contribution < -0.4 is 5.32 Å². The molecule has 1 aliphatic rings. The van der Waals surface area contributed by atoms with Gasteiger partial charge in [-0.1, -0.05) is 29.8 Å². The van der Waals surface area contributed by atoms with Gasteiger partial charge < -0.3 is 10.1 Å². The van der Waals surface area contributed by atoms with E-state index in [1.54, 1.807) is 0 Å². The van der Waals surface area contributed by atoms with Crippen LogP contribution in [0.4, 0.5) is 14.5 Å². The predicted octanol–water partition coefficient (Wildman–Crippen LogP) is 4.34. The summed E-state index contributed by atoms with van der Waals surface area (Å²) in [7, 11) is 0. The molecule has 2 rings (SSSR count). The Balaban J connectivity index is 2.09. The molecule has 0 aliphatic carbocycles. The van der Waals surface area contributed by atoms with E-state index in [1.807, 2.05) is 0 Å². The lowest BCUT2D eigenvalue weighted by Crippen LogP contribution is -2.37. The zero-order chi connectivity index (χ0) is 14.0. The molecule has 19 heavy (non-hydrogen) atoms. The number of halogens is 3. The lowest BCUT2D eigenvalue weighted by molar-refractivity contribution is -0.0161. The Morgan fingerprint density at radius 1 is 1.32 bits per heavy atom. The molecule has 106 valence electrons. The highest BCUT2D eigenvalue weighted by Crippen LogP contribution is 2.28. The van der Waals surface area contributed by atoms with Gasteiger partial charge in [-0.05, 0) is 30.9 Å². The Bertz CT molecular complexity index is 430. The minimum Gasteiger partial charge on any atom is -0.378 e. The maximum atomic E-state index is 13.8. The van der Waals surface area contributed by atoms with Crippen molar-refractivity contribution in [3.63, 3.8) is 0 Å². The molecule has 5 heteroatoms. The largest absolute Gasteiger partial charge is 0.378 e. The van der Waals surface area contributed by atoms with Gasteiger partial charge >= 0.3 is 0 Å². The van der Waals surface area contributed by atoms with Crippen LogP contribution in [0.25, 0.3) is 0 Å². The van der Waals surface area contributed by atoms with E-state index in [-0.39, 0.29) is 17.8 Å². The number of hydrogen-bond donors (Lipinski definition) is 1. The molecule has 1 aromatic rings. The molecule has 0 radical (unpaired) electrons. The summed E-state index contributed by atoms with van der Waals surface area (Å²) in [5.74, 6) is -0.733. The highest BCUT2D eigenvalue weighted by molar-refractivity contribution is 9.10. The average Bonchev–Trinajstić information content (AvgIpc) is 2.34. The van der Waals surface area contributed by atoms with Gasteiger partial charge in [-0.15, -0.1) is 0 Å². The van der Waals surface area contributed by atoms with Crippen molar-refractivity contribution in [1.82, 2.24) is 0 Å². The second-order valence-corrected chi connectivity index (χ2v) is 6.18. The van der Waals surface area contributed by atoms with Crippen LogP contribution in [0.5, 0.6) is 0 Å². The first-order chi connectivity index (χ1) is 8.97. The number of anilines is 1. The van der Waals surface area contributed by atoms with E-state index in [4.69, 9.17) is 4.74 Å². The van der Waals surface area contributed by atoms with Crippen LogP contribution in [0.3, 0.4) is 0 Å². The van der Waals surface area contributed by atoms with Gasteiger partial charge in [-0.25, -0.2) is 8.78 Å². The van der Waals surface area contributed by atoms with E-state index >= 15 is 0 Å². The topological polar surface area (TPSA) is 21.3 Å². The molecule has 1 aromatic carbocycles. The molecule has 0 aromatic heterocycles. The van der Waals surface area contributed by atoms with Crippen molar-refractivity contribution in [1.29, 1.82) is 0 Å². The van der Waals surface area contributed by atoms with Crippen molar-refractivity contribution in [2.75, 3.05) is 11.9 Å². The highest BCUT2D eigenvalue weighted by atomic mass is 79.9. The summed E-state index contributed by atoms with van der Waals surface area (Å²) in [6.45, 7) is 4.81. The van der Waals surface area contributed by atoms with Gasteiger partial charge in [0.05, 0.1) is 6.10 Å². The average molecular weight is 334 g/mol. The van der Waals surface area contributed by atoms with Gasteiger partial charge in [0.1, 0.15) is 17.3 Å². The van der Waals surface area contributed by atoms with Crippen molar-refractivity contribution in [3.8, 4) is 0 Å². The third-order valence-corrected chi connectivity index (χ3v) is 3.87. The first-order valence-electron chi connectivity index (χ1n) is 6.50. The predicted molar refractivity (Wildman–Crippen MR) is 75.3 cm³/mol. The Morgan fingerprint density at radius 3 is 2.53 bits per heavy atom.